The second kappa shape index (κ2) is 9.96. The van der Waals surface area contributed by atoms with E-state index in [1.807, 2.05) is 30.3 Å². The molecule has 164 valence electrons. The number of hydrogen-bond donors (Lipinski definition) is 2. The van der Waals surface area contributed by atoms with Crippen molar-refractivity contribution in [2.75, 3.05) is 23.7 Å². The summed E-state index contributed by atoms with van der Waals surface area (Å²) in [6, 6.07) is 19.8. The summed E-state index contributed by atoms with van der Waals surface area (Å²) >= 11 is 0. The Hall–Kier alpha value is -3.87. The molecule has 3 amide bonds. The van der Waals surface area contributed by atoms with Crippen LogP contribution in [0.3, 0.4) is 0 Å². The van der Waals surface area contributed by atoms with Crippen LogP contribution in [0.4, 0.5) is 11.4 Å². The highest BCUT2D eigenvalue weighted by atomic mass is 16.3. The predicted octanol–water partition coefficient (Wildman–Crippen LogP) is 3.95. The number of carbonyl (C=O) groups is 3. The summed E-state index contributed by atoms with van der Waals surface area (Å²) < 4.78 is 5.09. The van der Waals surface area contributed by atoms with Crippen LogP contribution in [0.25, 0.3) is 0 Å². The molecule has 0 radical (unpaired) electrons. The number of amides is 3. The SMILES string of the molecule is O=C(Nc1cccc(NC(=O)C2CCCN(C(=O)Cc3ccccc3)C2)c1)c1ccco1. The molecular weight excluding hydrogens is 406 g/mol. The topological polar surface area (TPSA) is 91.7 Å². The number of rotatable bonds is 6. The van der Waals surface area contributed by atoms with Gasteiger partial charge in [0.2, 0.25) is 11.8 Å². The molecule has 2 heterocycles. The van der Waals surface area contributed by atoms with Crippen LogP contribution in [0.15, 0.2) is 77.4 Å². The van der Waals surface area contributed by atoms with Gasteiger partial charge in [-0.25, -0.2) is 0 Å². The molecular formula is C25H25N3O4. The number of anilines is 2. The molecule has 7 heteroatoms. The highest BCUT2D eigenvalue weighted by Gasteiger charge is 2.28. The smallest absolute Gasteiger partial charge is 0.291 e. The average molecular weight is 431 g/mol. The van der Waals surface area contributed by atoms with Crippen LogP contribution in [-0.2, 0) is 16.0 Å². The van der Waals surface area contributed by atoms with Gasteiger partial charge in [0.05, 0.1) is 18.6 Å². The van der Waals surface area contributed by atoms with E-state index in [0.717, 1.165) is 18.4 Å². The van der Waals surface area contributed by atoms with Crippen molar-refractivity contribution in [1.29, 1.82) is 0 Å². The third kappa shape index (κ3) is 5.43. The van der Waals surface area contributed by atoms with Gasteiger partial charge in [0.25, 0.3) is 5.91 Å². The first kappa shape index (κ1) is 21.4. The maximum atomic E-state index is 12.9. The third-order valence-corrected chi connectivity index (χ3v) is 5.48. The fourth-order valence-corrected chi connectivity index (χ4v) is 3.82. The van der Waals surface area contributed by atoms with Gasteiger partial charge >= 0.3 is 0 Å². The van der Waals surface area contributed by atoms with Gasteiger partial charge in [0.1, 0.15) is 0 Å². The number of carbonyl (C=O) groups excluding carboxylic acids is 3. The van der Waals surface area contributed by atoms with Gasteiger partial charge in [-0.05, 0) is 48.7 Å². The molecule has 1 unspecified atom stereocenters. The summed E-state index contributed by atoms with van der Waals surface area (Å²) in [5.74, 6) is -0.516. The van der Waals surface area contributed by atoms with Crippen molar-refractivity contribution >= 4 is 29.1 Å². The van der Waals surface area contributed by atoms with Crippen LogP contribution >= 0.6 is 0 Å². The molecule has 1 fully saturated rings. The molecule has 3 aromatic rings. The van der Waals surface area contributed by atoms with Gasteiger partial charge in [-0.15, -0.1) is 0 Å². The first-order valence-electron chi connectivity index (χ1n) is 10.7. The Morgan fingerprint density at radius 1 is 0.938 bits per heavy atom. The van der Waals surface area contributed by atoms with Crippen LogP contribution in [0.1, 0.15) is 29.0 Å². The minimum atomic E-state index is -0.363. The van der Waals surface area contributed by atoms with Crippen LogP contribution in [0.2, 0.25) is 0 Å². The maximum Gasteiger partial charge on any atom is 0.291 e. The van der Waals surface area contributed by atoms with Gasteiger partial charge in [-0.2, -0.15) is 0 Å². The Labute approximate surface area is 186 Å². The summed E-state index contributed by atoms with van der Waals surface area (Å²) in [5.41, 5.74) is 2.10. The predicted molar refractivity (Wildman–Crippen MR) is 121 cm³/mol. The zero-order valence-corrected chi connectivity index (χ0v) is 17.6. The van der Waals surface area contributed by atoms with Crippen LogP contribution in [-0.4, -0.2) is 35.7 Å². The quantitative estimate of drug-likeness (QED) is 0.618. The van der Waals surface area contributed by atoms with Crippen molar-refractivity contribution < 1.29 is 18.8 Å². The molecule has 1 aromatic heterocycles. The zero-order valence-electron chi connectivity index (χ0n) is 17.6. The van der Waals surface area contributed by atoms with Crippen molar-refractivity contribution in [3.8, 4) is 0 Å². The molecule has 0 aliphatic carbocycles. The van der Waals surface area contributed by atoms with E-state index in [0.29, 0.717) is 30.9 Å². The first-order chi connectivity index (χ1) is 15.6. The second-order valence-electron chi connectivity index (χ2n) is 7.84. The molecule has 0 saturated carbocycles. The molecule has 1 aliphatic heterocycles. The molecule has 7 nitrogen and oxygen atoms in total. The highest BCUT2D eigenvalue weighted by molar-refractivity contribution is 6.02. The number of likely N-dealkylation sites (tertiary alicyclic amines) is 1. The number of nitrogens with one attached hydrogen (secondary N) is 2. The number of hydrogen-bond acceptors (Lipinski definition) is 4. The van der Waals surface area contributed by atoms with E-state index < -0.39 is 0 Å². The highest BCUT2D eigenvalue weighted by Crippen LogP contribution is 2.21. The lowest BCUT2D eigenvalue weighted by atomic mass is 9.96. The average Bonchev–Trinajstić information content (AvgIpc) is 3.35. The normalized spacial score (nSPS) is 15.8. The Bertz CT molecular complexity index is 1080. The third-order valence-electron chi connectivity index (χ3n) is 5.48. The molecule has 1 atom stereocenters. The van der Waals surface area contributed by atoms with E-state index in [-0.39, 0.29) is 29.4 Å². The van der Waals surface area contributed by atoms with E-state index in [4.69, 9.17) is 4.42 Å². The lowest BCUT2D eigenvalue weighted by molar-refractivity contribution is -0.133. The summed E-state index contributed by atoms with van der Waals surface area (Å²) in [6.45, 7) is 1.08. The number of piperidine rings is 1. The maximum absolute atomic E-state index is 12.9. The lowest BCUT2D eigenvalue weighted by Gasteiger charge is -2.32. The second-order valence-corrected chi connectivity index (χ2v) is 7.84. The number of furan rings is 1. The summed E-state index contributed by atoms with van der Waals surface area (Å²) in [6.07, 6.45) is 3.30. The molecule has 2 aromatic carbocycles. The van der Waals surface area contributed by atoms with Crippen LogP contribution in [0.5, 0.6) is 0 Å². The summed E-state index contributed by atoms with van der Waals surface area (Å²) in [7, 11) is 0. The zero-order chi connectivity index (χ0) is 22.3. The molecule has 2 N–H and O–H groups in total. The molecule has 1 aliphatic rings. The summed E-state index contributed by atoms with van der Waals surface area (Å²) in [4.78, 5) is 39.5. The van der Waals surface area contributed by atoms with Gasteiger partial charge in [0.15, 0.2) is 5.76 Å². The van der Waals surface area contributed by atoms with Crippen molar-refractivity contribution in [1.82, 2.24) is 4.90 Å². The van der Waals surface area contributed by atoms with E-state index in [1.54, 1.807) is 41.3 Å². The van der Waals surface area contributed by atoms with E-state index >= 15 is 0 Å². The van der Waals surface area contributed by atoms with Crippen LogP contribution in [0, 0.1) is 5.92 Å². The fourth-order valence-electron chi connectivity index (χ4n) is 3.82. The van der Waals surface area contributed by atoms with Crippen molar-refractivity contribution in [2.45, 2.75) is 19.3 Å². The molecule has 0 bridgehead atoms. The van der Waals surface area contributed by atoms with Gasteiger partial charge < -0.3 is 20.0 Å². The number of nitrogens with zero attached hydrogens (tertiary/aromatic N) is 1. The fraction of sp³-hybridized carbons (Fsp3) is 0.240. The number of benzene rings is 2. The van der Waals surface area contributed by atoms with E-state index in [9.17, 15) is 14.4 Å². The van der Waals surface area contributed by atoms with Gasteiger partial charge in [0, 0.05) is 24.5 Å². The molecule has 4 rings (SSSR count). The lowest BCUT2D eigenvalue weighted by Crippen LogP contribution is -2.44. The Morgan fingerprint density at radius 2 is 1.72 bits per heavy atom. The van der Waals surface area contributed by atoms with Gasteiger partial charge in [-0.3, -0.25) is 14.4 Å². The van der Waals surface area contributed by atoms with E-state index in [2.05, 4.69) is 10.6 Å². The summed E-state index contributed by atoms with van der Waals surface area (Å²) in [5, 5.41) is 5.66. The Kier molecular flexibility index (Phi) is 6.65. The molecule has 1 saturated heterocycles. The monoisotopic (exact) mass is 431 g/mol. The largest absolute Gasteiger partial charge is 0.459 e. The Balaban J connectivity index is 1.34. The Morgan fingerprint density at radius 3 is 2.47 bits per heavy atom. The first-order valence-corrected chi connectivity index (χ1v) is 10.7. The molecule has 0 spiro atoms. The van der Waals surface area contributed by atoms with Crippen LogP contribution < -0.4 is 10.6 Å². The minimum absolute atomic E-state index is 0.0383. The van der Waals surface area contributed by atoms with E-state index in [1.165, 1.54) is 6.26 Å². The standard InChI is InChI=1S/C25H25N3O4/c29-23(15-18-7-2-1-3-8-18)28-13-5-9-19(17-28)24(30)26-20-10-4-11-21(16-20)27-25(31)22-12-6-14-32-22/h1-4,6-8,10-12,14,16,19H,5,9,13,15,17H2,(H,26,30)(H,27,31). The van der Waals surface area contributed by atoms with Crippen molar-refractivity contribution in [2.24, 2.45) is 5.92 Å². The molecule has 32 heavy (non-hydrogen) atoms. The van der Waals surface area contributed by atoms with Crippen molar-refractivity contribution in [3.63, 3.8) is 0 Å². The van der Waals surface area contributed by atoms with Crippen molar-refractivity contribution in [3.05, 3.63) is 84.3 Å². The van der Waals surface area contributed by atoms with Gasteiger partial charge in [-0.1, -0.05) is 36.4 Å². The minimum Gasteiger partial charge on any atom is -0.459 e.